The maximum absolute atomic E-state index is 2.31. The van der Waals surface area contributed by atoms with Crippen LogP contribution in [0.3, 0.4) is 0 Å². The molecule has 0 saturated carbocycles. The van der Waals surface area contributed by atoms with Crippen LogP contribution in [-0.4, -0.2) is 0 Å². The van der Waals surface area contributed by atoms with Gasteiger partial charge in [-0.05, 0) is 41.1 Å². The minimum atomic E-state index is 0.817. The first-order valence-electron chi connectivity index (χ1n) is 5.40. The number of hydrogen-bond donors (Lipinski definition) is 0. The van der Waals surface area contributed by atoms with Crippen LogP contribution in [0.25, 0.3) is 0 Å². The van der Waals surface area contributed by atoms with Crippen molar-refractivity contribution in [3.8, 4) is 0 Å². The molecule has 0 saturated heterocycles. The second-order valence-corrected chi connectivity index (χ2v) is 4.44. The fourth-order valence-corrected chi connectivity index (χ4v) is 2.50. The summed E-state index contributed by atoms with van der Waals surface area (Å²) in [5.74, 6) is 0.817. The molecule has 0 aliphatic carbocycles. The average molecular weight is 196 g/mol. The molecule has 1 rings (SSSR count). The summed E-state index contributed by atoms with van der Waals surface area (Å²) in [6.45, 7) is 4.57. The summed E-state index contributed by atoms with van der Waals surface area (Å²) in [7, 11) is 0. The molecule has 13 heavy (non-hydrogen) atoms. The van der Waals surface area contributed by atoms with E-state index in [0.717, 1.165) is 5.92 Å². The number of hydrogen-bond acceptors (Lipinski definition) is 1. The number of unbranched alkanes of at least 4 members (excludes halogenated alkanes) is 2. The highest BCUT2D eigenvalue weighted by molar-refractivity contribution is 7.07. The van der Waals surface area contributed by atoms with Crippen molar-refractivity contribution in [2.24, 2.45) is 0 Å². The molecule has 0 aliphatic heterocycles. The van der Waals surface area contributed by atoms with Gasteiger partial charge in [0, 0.05) is 0 Å². The van der Waals surface area contributed by atoms with Crippen LogP contribution >= 0.6 is 11.3 Å². The highest BCUT2D eigenvalue weighted by Crippen LogP contribution is 2.27. The van der Waals surface area contributed by atoms with Gasteiger partial charge in [0.2, 0.25) is 0 Å². The Morgan fingerprint density at radius 3 is 2.69 bits per heavy atom. The van der Waals surface area contributed by atoms with Gasteiger partial charge in [-0.3, -0.25) is 0 Å². The molecular formula is C12H20S. The van der Waals surface area contributed by atoms with Crippen LogP contribution in [0.2, 0.25) is 0 Å². The summed E-state index contributed by atoms with van der Waals surface area (Å²) >= 11 is 1.82. The Balaban J connectivity index is 2.35. The Labute approximate surface area is 86.0 Å². The van der Waals surface area contributed by atoms with Gasteiger partial charge in [-0.15, -0.1) is 0 Å². The monoisotopic (exact) mass is 196 g/mol. The average Bonchev–Trinajstić information content (AvgIpc) is 2.65. The fraction of sp³-hybridized carbons (Fsp3) is 0.667. The lowest BCUT2D eigenvalue weighted by Crippen LogP contribution is -1.95. The first kappa shape index (κ1) is 10.8. The Morgan fingerprint density at radius 2 is 2.15 bits per heavy atom. The Bertz CT molecular complexity index is 201. The molecule has 0 bridgehead atoms. The maximum Gasteiger partial charge on any atom is -0.00584 e. The molecule has 0 radical (unpaired) electrons. The van der Waals surface area contributed by atoms with E-state index < -0.39 is 0 Å². The van der Waals surface area contributed by atoms with Gasteiger partial charge in [-0.25, -0.2) is 0 Å². The molecule has 0 nitrogen and oxygen atoms in total. The SMILES string of the molecule is CCCCCC(CC)c1ccsc1. The number of rotatable bonds is 6. The normalized spacial score (nSPS) is 13.1. The molecule has 0 N–H and O–H groups in total. The zero-order valence-corrected chi connectivity index (χ0v) is 9.57. The van der Waals surface area contributed by atoms with Gasteiger partial charge in [-0.2, -0.15) is 11.3 Å². The highest BCUT2D eigenvalue weighted by atomic mass is 32.1. The summed E-state index contributed by atoms with van der Waals surface area (Å²) in [6, 6.07) is 2.28. The lowest BCUT2D eigenvalue weighted by Gasteiger charge is -2.12. The van der Waals surface area contributed by atoms with Crippen LogP contribution in [0.5, 0.6) is 0 Å². The van der Waals surface area contributed by atoms with Crippen molar-refractivity contribution in [2.45, 2.75) is 51.9 Å². The Morgan fingerprint density at radius 1 is 1.31 bits per heavy atom. The molecule has 0 aliphatic rings. The molecule has 74 valence electrons. The molecule has 0 spiro atoms. The van der Waals surface area contributed by atoms with Crippen LogP contribution in [0.4, 0.5) is 0 Å². The summed E-state index contributed by atoms with van der Waals surface area (Å²) in [5, 5.41) is 4.50. The summed E-state index contributed by atoms with van der Waals surface area (Å²) in [4.78, 5) is 0. The van der Waals surface area contributed by atoms with E-state index in [0.29, 0.717) is 0 Å². The fourth-order valence-electron chi connectivity index (χ4n) is 1.75. The molecule has 1 heteroatoms. The molecule has 1 aromatic heterocycles. The molecule has 0 fully saturated rings. The van der Waals surface area contributed by atoms with Gasteiger partial charge in [0.05, 0.1) is 0 Å². The van der Waals surface area contributed by atoms with Gasteiger partial charge in [0.25, 0.3) is 0 Å². The predicted molar refractivity (Wildman–Crippen MR) is 61.5 cm³/mol. The third-order valence-electron chi connectivity index (χ3n) is 2.66. The highest BCUT2D eigenvalue weighted by Gasteiger charge is 2.08. The molecule has 0 amide bonds. The zero-order chi connectivity index (χ0) is 9.52. The standard InChI is InChI=1S/C12H20S/c1-3-5-6-7-11(4-2)12-8-9-13-10-12/h8-11H,3-7H2,1-2H3. The molecule has 1 aromatic rings. The second-order valence-electron chi connectivity index (χ2n) is 3.66. The van der Waals surface area contributed by atoms with Gasteiger partial charge in [0.1, 0.15) is 0 Å². The third kappa shape index (κ3) is 3.51. The number of thiophene rings is 1. The van der Waals surface area contributed by atoms with Gasteiger partial charge in [-0.1, -0.05) is 33.1 Å². The van der Waals surface area contributed by atoms with Gasteiger partial charge in [0.15, 0.2) is 0 Å². The molecule has 1 unspecified atom stereocenters. The predicted octanol–water partition coefficient (Wildman–Crippen LogP) is 4.82. The Hall–Kier alpha value is -0.300. The summed E-state index contributed by atoms with van der Waals surface area (Å²) in [6.07, 6.45) is 6.78. The molecule has 0 aromatic carbocycles. The van der Waals surface area contributed by atoms with Gasteiger partial charge < -0.3 is 0 Å². The van der Waals surface area contributed by atoms with E-state index in [1.165, 1.54) is 32.1 Å². The van der Waals surface area contributed by atoms with Crippen molar-refractivity contribution in [1.29, 1.82) is 0 Å². The van der Waals surface area contributed by atoms with E-state index in [9.17, 15) is 0 Å². The maximum atomic E-state index is 2.31. The van der Waals surface area contributed by atoms with E-state index >= 15 is 0 Å². The van der Waals surface area contributed by atoms with Gasteiger partial charge >= 0.3 is 0 Å². The third-order valence-corrected chi connectivity index (χ3v) is 3.36. The van der Waals surface area contributed by atoms with Crippen LogP contribution in [-0.2, 0) is 0 Å². The van der Waals surface area contributed by atoms with Crippen LogP contribution in [0.1, 0.15) is 57.4 Å². The smallest absolute Gasteiger partial charge is 0.00584 e. The first-order valence-corrected chi connectivity index (χ1v) is 6.34. The second kappa shape index (κ2) is 6.20. The van der Waals surface area contributed by atoms with E-state index in [1.54, 1.807) is 5.56 Å². The van der Waals surface area contributed by atoms with E-state index in [-0.39, 0.29) is 0 Å². The first-order chi connectivity index (χ1) is 6.38. The molecule has 1 heterocycles. The minimum Gasteiger partial charge on any atom is -0.152 e. The largest absolute Gasteiger partial charge is 0.152 e. The van der Waals surface area contributed by atoms with Crippen molar-refractivity contribution < 1.29 is 0 Å². The lowest BCUT2D eigenvalue weighted by atomic mass is 9.93. The topological polar surface area (TPSA) is 0 Å². The van der Waals surface area contributed by atoms with Crippen molar-refractivity contribution in [1.82, 2.24) is 0 Å². The van der Waals surface area contributed by atoms with E-state index in [4.69, 9.17) is 0 Å². The van der Waals surface area contributed by atoms with Crippen molar-refractivity contribution in [2.75, 3.05) is 0 Å². The zero-order valence-electron chi connectivity index (χ0n) is 8.75. The molecule has 1 atom stereocenters. The van der Waals surface area contributed by atoms with Crippen molar-refractivity contribution >= 4 is 11.3 Å². The van der Waals surface area contributed by atoms with Crippen LogP contribution < -0.4 is 0 Å². The van der Waals surface area contributed by atoms with Crippen molar-refractivity contribution in [3.63, 3.8) is 0 Å². The lowest BCUT2D eigenvalue weighted by molar-refractivity contribution is 0.554. The molecular weight excluding hydrogens is 176 g/mol. The van der Waals surface area contributed by atoms with Crippen molar-refractivity contribution in [3.05, 3.63) is 22.4 Å². The minimum absolute atomic E-state index is 0.817. The van der Waals surface area contributed by atoms with Crippen LogP contribution in [0.15, 0.2) is 16.8 Å². The van der Waals surface area contributed by atoms with E-state index in [1.807, 2.05) is 11.3 Å². The quantitative estimate of drug-likeness (QED) is 0.572. The van der Waals surface area contributed by atoms with E-state index in [2.05, 4.69) is 30.7 Å². The van der Waals surface area contributed by atoms with Crippen LogP contribution in [0, 0.1) is 0 Å². The summed E-state index contributed by atoms with van der Waals surface area (Å²) in [5.41, 5.74) is 1.56. The summed E-state index contributed by atoms with van der Waals surface area (Å²) < 4.78 is 0. The Kier molecular flexibility index (Phi) is 5.14.